The van der Waals surface area contributed by atoms with Crippen LogP contribution in [0, 0.1) is 13.8 Å². The van der Waals surface area contributed by atoms with Crippen molar-refractivity contribution >= 4 is 99.4 Å². The number of hydrogen-bond acceptors (Lipinski definition) is 4. The van der Waals surface area contributed by atoms with Gasteiger partial charge in [0.15, 0.2) is 0 Å². The third-order valence-corrected chi connectivity index (χ3v) is 15.7. The quantitative estimate of drug-likeness (QED) is 0.163. The summed E-state index contributed by atoms with van der Waals surface area (Å²) in [6, 6.07) is 42.9. The molecule has 62 heavy (non-hydrogen) atoms. The summed E-state index contributed by atoms with van der Waals surface area (Å²) in [5.41, 5.74) is 21.2. The summed E-state index contributed by atoms with van der Waals surface area (Å²) in [6.07, 6.45) is 0. The van der Waals surface area contributed by atoms with E-state index in [0.29, 0.717) is 5.92 Å². The van der Waals surface area contributed by atoms with Crippen LogP contribution in [0.2, 0.25) is 0 Å². The molecular weight excluding hydrogens is 788 g/mol. The Bertz CT molecular complexity index is 3060. The van der Waals surface area contributed by atoms with E-state index in [1.54, 1.807) is 0 Å². The van der Waals surface area contributed by atoms with Crippen molar-refractivity contribution in [1.82, 2.24) is 0 Å². The lowest BCUT2D eigenvalue weighted by molar-refractivity contribution is 0.590. The van der Waals surface area contributed by atoms with Gasteiger partial charge in [0.1, 0.15) is 0 Å². The number of nitrogens with zero attached hydrogens (tertiary/aromatic N) is 2. The van der Waals surface area contributed by atoms with Crippen LogP contribution in [-0.4, -0.2) is 6.71 Å². The Morgan fingerprint density at radius 1 is 0.548 bits per heavy atom. The van der Waals surface area contributed by atoms with Gasteiger partial charge in [-0.05, 0) is 157 Å². The standard InChI is InChI=1S/C57H59BN2S2/c1-33(2)36-28-47-52-48(29-36)60(53-34(3)26-37(27-35(53)4)44-32-61-49-17-15-14-16-42(44)49)54-51(43-30-39(56(8,9)10)21-25-50(43)62-54)58(52)45-31-40(57(11,12)13)20-24-46(45)59(47)41-22-18-38(19-23-41)55(5,6)7/h14-33H,1-13H3. The summed E-state index contributed by atoms with van der Waals surface area (Å²) in [5, 5.41) is 6.39. The van der Waals surface area contributed by atoms with E-state index in [0.717, 1.165) is 0 Å². The maximum absolute atomic E-state index is 2.69. The first-order valence-corrected chi connectivity index (χ1v) is 24.2. The minimum Gasteiger partial charge on any atom is -0.311 e. The maximum Gasteiger partial charge on any atom is 0.254 e. The predicted molar refractivity (Wildman–Crippen MR) is 276 cm³/mol. The van der Waals surface area contributed by atoms with Crippen molar-refractivity contribution in [2.75, 3.05) is 9.80 Å². The molecule has 0 saturated heterocycles. The van der Waals surface area contributed by atoms with Crippen molar-refractivity contribution in [3.63, 3.8) is 0 Å². The molecule has 0 saturated carbocycles. The second kappa shape index (κ2) is 14.2. The lowest BCUT2D eigenvalue weighted by Gasteiger charge is -2.44. The van der Waals surface area contributed by atoms with E-state index in [2.05, 4.69) is 214 Å². The summed E-state index contributed by atoms with van der Waals surface area (Å²) in [7, 11) is 0. The molecule has 0 bridgehead atoms. The molecule has 312 valence electrons. The molecule has 0 atom stereocenters. The van der Waals surface area contributed by atoms with Crippen LogP contribution in [0.4, 0.5) is 33.4 Å². The van der Waals surface area contributed by atoms with Gasteiger partial charge < -0.3 is 9.80 Å². The topological polar surface area (TPSA) is 6.48 Å². The molecule has 2 aliphatic heterocycles. The SMILES string of the molecule is Cc1cc(-c2csc3ccccc23)cc(C)c1N1c2cc(C(C)C)cc3c2B(c2cc(C(C)(C)C)ccc2N3c2ccc(C(C)(C)C)cc2)c2c1sc1ccc(C(C)(C)C)cc21. The highest BCUT2D eigenvalue weighted by Gasteiger charge is 2.46. The van der Waals surface area contributed by atoms with Gasteiger partial charge in [-0.1, -0.05) is 131 Å². The third kappa shape index (κ3) is 6.48. The van der Waals surface area contributed by atoms with E-state index in [-0.39, 0.29) is 23.0 Å². The zero-order chi connectivity index (χ0) is 43.8. The summed E-state index contributed by atoms with van der Waals surface area (Å²) >= 11 is 3.81. The Morgan fingerprint density at radius 2 is 1.15 bits per heavy atom. The van der Waals surface area contributed by atoms with Crippen LogP contribution in [0.1, 0.15) is 115 Å². The molecule has 4 heterocycles. The first-order valence-electron chi connectivity index (χ1n) is 22.5. The maximum atomic E-state index is 2.69. The Morgan fingerprint density at radius 3 is 1.79 bits per heavy atom. The normalized spacial score (nSPS) is 13.9. The van der Waals surface area contributed by atoms with Crippen molar-refractivity contribution in [3.8, 4) is 11.1 Å². The molecule has 2 aliphatic rings. The fraction of sp³-hybridized carbons (Fsp3) is 0.298. The van der Waals surface area contributed by atoms with Gasteiger partial charge in [0.25, 0.3) is 6.71 Å². The average Bonchev–Trinajstić information content (AvgIpc) is 3.82. The summed E-state index contributed by atoms with van der Waals surface area (Å²) in [4.78, 5) is 5.29. The Hall–Kier alpha value is -5.10. The minimum atomic E-state index is -0.0117. The first kappa shape index (κ1) is 40.9. The molecule has 0 unspecified atom stereocenters. The largest absolute Gasteiger partial charge is 0.311 e. The Labute approximate surface area is 378 Å². The van der Waals surface area contributed by atoms with Crippen molar-refractivity contribution in [2.24, 2.45) is 0 Å². The van der Waals surface area contributed by atoms with Crippen LogP contribution >= 0.6 is 22.7 Å². The van der Waals surface area contributed by atoms with Gasteiger partial charge in [-0.25, -0.2) is 0 Å². The smallest absolute Gasteiger partial charge is 0.254 e. The molecule has 0 radical (unpaired) electrons. The Balaban J connectivity index is 1.32. The van der Waals surface area contributed by atoms with E-state index in [9.17, 15) is 0 Å². The number of aryl methyl sites for hydroxylation is 2. The van der Waals surface area contributed by atoms with E-state index >= 15 is 0 Å². The van der Waals surface area contributed by atoms with Crippen molar-refractivity contribution < 1.29 is 0 Å². The van der Waals surface area contributed by atoms with Crippen LogP contribution in [0.5, 0.6) is 0 Å². The number of benzene rings is 6. The zero-order valence-electron chi connectivity index (χ0n) is 38.8. The van der Waals surface area contributed by atoms with Gasteiger partial charge in [-0.15, -0.1) is 22.7 Å². The van der Waals surface area contributed by atoms with E-state index in [4.69, 9.17) is 0 Å². The Kier molecular flexibility index (Phi) is 9.38. The molecule has 6 aromatic carbocycles. The van der Waals surface area contributed by atoms with Crippen LogP contribution in [0.25, 0.3) is 31.3 Å². The first-order chi connectivity index (χ1) is 29.3. The monoisotopic (exact) mass is 846 g/mol. The second-order valence-corrected chi connectivity index (χ2v) is 23.4. The molecule has 8 aromatic rings. The molecule has 0 spiro atoms. The van der Waals surface area contributed by atoms with Gasteiger partial charge >= 0.3 is 0 Å². The van der Waals surface area contributed by atoms with Crippen molar-refractivity contribution in [2.45, 2.75) is 112 Å². The molecule has 0 N–H and O–H groups in total. The lowest BCUT2D eigenvalue weighted by Crippen LogP contribution is -2.61. The summed E-state index contributed by atoms with van der Waals surface area (Å²) in [6.45, 7) is 30.4. The van der Waals surface area contributed by atoms with E-state index < -0.39 is 0 Å². The second-order valence-electron chi connectivity index (χ2n) is 21.4. The summed E-state index contributed by atoms with van der Waals surface area (Å²) < 4.78 is 2.68. The molecule has 0 aliphatic carbocycles. The highest BCUT2D eigenvalue weighted by molar-refractivity contribution is 7.26. The fourth-order valence-electron chi connectivity index (χ4n) is 10.1. The van der Waals surface area contributed by atoms with Gasteiger partial charge in [-0.3, -0.25) is 0 Å². The molecule has 5 heteroatoms. The van der Waals surface area contributed by atoms with Gasteiger partial charge in [0.05, 0.1) is 10.7 Å². The van der Waals surface area contributed by atoms with Crippen LogP contribution in [-0.2, 0) is 16.2 Å². The van der Waals surface area contributed by atoms with Gasteiger partial charge in [0.2, 0.25) is 0 Å². The number of rotatable bonds is 4. The number of hydrogen-bond donors (Lipinski definition) is 0. The minimum absolute atomic E-state index is 0.0117. The van der Waals surface area contributed by atoms with E-state index in [1.807, 2.05) is 22.7 Å². The highest BCUT2D eigenvalue weighted by Crippen LogP contribution is 2.51. The number of fused-ring (bicyclic) bond motifs is 7. The van der Waals surface area contributed by atoms with Crippen molar-refractivity contribution in [1.29, 1.82) is 0 Å². The molecule has 2 nitrogen and oxygen atoms in total. The number of thiophene rings is 2. The van der Waals surface area contributed by atoms with Crippen LogP contribution < -0.4 is 26.2 Å². The summed E-state index contributed by atoms with van der Waals surface area (Å²) in [5.74, 6) is 0.334. The fourth-order valence-corrected chi connectivity index (χ4v) is 12.3. The van der Waals surface area contributed by atoms with E-state index in [1.165, 1.54) is 115 Å². The molecule has 2 aromatic heterocycles. The van der Waals surface area contributed by atoms with Crippen molar-refractivity contribution in [3.05, 3.63) is 148 Å². The highest BCUT2D eigenvalue weighted by atomic mass is 32.1. The average molecular weight is 847 g/mol. The number of anilines is 6. The molecule has 10 rings (SSSR count). The zero-order valence-corrected chi connectivity index (χ0v) is 40.5. The molecular formula is C57H59BN2S2. The molecule has 0 fully saturated rings. The lowest BCUT2D eigenvalue weighted by atomic mass is 9.33. The van der Waals surface area contributed by atoms with Crippen LogP contribution in [0.15, 0.2) is 115 Å². The van der Waals surface area contributed by atoms with Gasteiger partial charge in [0, 0.05) is 43.1 Å². The third-order valence-electron chi connectivity index (χ3n) is 13.6. The van der Waals surface area contributed by atoms with Crippen LogP contribution in [0.3, 0.4) is 0 Å². The van der Waals surface area contributed by atoms with Gasteiger partial charge in [-0.2, -0.15) is 0 Å². The molecule has 0 amide bonds. The predicted octanol–water partition coefficient (Wildman–Crippen LogP) is 15.5.